The van der Waals surface area contributed by atoms with E-state index in [1.807, 2.05) is 12.1 Å². The predicted molar refractivity (Wildman–Crippen MR) is 126 cm³/mol. The summed E-state index contributed by atoms with van der Waals surface area (Å²) in [7, 11) is 0. The molecule has 5 nitrogen and oxygen atoms in total. The van der Waals surface area contributed by atoms with Gasteiger partial charge < -0.3 is 15.2 Å². The van der Waals surface area contributed by atoms with Crippen LogP contribution in [0.15, 0.2) is 53.8 Å². The van der Waals surface area contributed by atoms with Crippen molar-refractivity contribution in [3.05, 3.63) is 59.9 Å². The minimum Gasteiger partial charge on any atom is -0.357 e. The first-order chi connectivity index (χ1) is 12.8. The van der Waals surface area contributed by atoms with Crippen LogP contribution in [-0.4, -0.2) is 41.6 Å². The molecule has 0 unspecified atom stereocenters. The van der Waals surface area contributed by atoms with Gasteiger partial charge in [0.1, 0.15) is 0 Å². The van der Waals surface area contributed by atoms with Gasteiger partial charge >= 0.3 is 0 Å². The Labute approximate surface area is 181 Å². The minimum absolute atomic E-state index is 0. The molecule has 27 heavy (non-hydrogen) atoms. The molecule has 1 aromatic carbocycles. The van der Waals surface area contributed by atoms with Crippen LogP contribution in [0.2, 0.25) is 0 Å². The highest BCUT2D eigenvalue weighted by Crippen LogP contribution is 2.13. The highest BCUT2D eigenvalue weighted by molar-refractivity contribution is 14.0. The van der Waals surface area contributed by atoms with Gasteiger partial charge in [-0.05, 0) is 43.3 Å². The van der Waals surface area contributed by atoms with E-state index in [2.05, 4.69) is 77.5 Å². The summed E-state index contributed by atoms with van der Waals surface area (Å²) in [6, 6.07) is 12.7. The van der Waals surface area contributed by atoms with E-state index >= 15 is 0 Å². The van der Waals surface area contributed by atoms with Gasteiger partial charge in [0.2, 0.25) is 0 Å². The molecule has 0 spiro atoms. The Morgan fingerprint density at radius 1 is 0.963 bits per heavy atom. The Bertz CT molecular complexity index is 650. The topological polar surface area (TPSA) is 44.6 Å². The van der Waals surface area contributed by atoms with Gasteiger partial charge in [-0.1, -0.05) is 38.1 Å². The smallest absolute Gasteiger partial charge is 0.191 e. The van der Waals surface area contributed by atoms with Crippen molar-refractivity contribution in [2.75, 3.05) is 26.2 Å². The zero-order valence-corrected chi connectivity index (χ0v) is 19.1. The van der Waals surface area contributed by atoms with Gasteiger partial charge in [-0.15, -0.1) is 24.0 Å². The van der Waals surface area contributed by atoms with Crippen LogP contribution >= 0.6 is 24.0 Å². The zero-order valence-electron chi connectivity index (χ0n) is 16.8. The molecule has 2 N–H and O–H groups in total. The van der Waals surface area contributed by atoms with E-state index in [-0.39, 0.29) is 24.0 Å². The molecule has 0 aliphatic carbocycles. The summed E-state index contributed by atoms with van der Waals surface area (Å²) in [4.78, 5) is 7.22. The third kappa shape index (κ3) is 8.34. The number of aromatic nitrogens is 1. The van der Waals surface area contributed by atoms with Crippen molar-refractivity contribution in [2.24, 2.45) is 4.99 Å². The van der Waals surface area contributed by atoms with Gasteiger partial charge in [-0.25, -0.2) is 4.99 Å². The summed E-state index contributed by atoms with van der Waals surface area (Å²) in [6.45, 7) is 13.0. The highest BCUT2D eigenvalue weighted by atomic mass is 127. The molecule has 0 amide bonds. The van der Waals surface area contributed by atoms with Gasteiger partial charge in [0.15, 0.2) is 5.96 Å². The van der Waals surface area contributed by atoms with E-state index in [0.717, 1.165) is 45.2 Å². The van der Waals surface area contributed by atoms with E-state index in [4.69, 9.17) is 4.99 Å². The van der Waals surface area contributed by atoms with Crippen LogP contribution in [0.5, 0.6) is 0 Å². The maximum atomic E-state index is 4.79. The third-order valence-electron chi connectivity index (χ3n) is 4.49. The zero-order chi connectivity index (χ0) is 18.6. The fourth-order valence-electron chi connectivity index (χ4n) is 2.88. The molecular formula is C21H34IN5. The Morgan fingerprint density at radius 3 is 2.26 bits per heavy atom. The number of rotatable bonds is 10. The third-order valence-corrected chi connectivity index (χ3v) is 4.49. The van der Waals surface area contributed by atoms with Gasteiger partial charge in [0, 0.05) is 38.6 Å². The maximum absolute atomic E-state index is 4.79. The van der Waals surface area contributed by atoms with Crippen molar-refractivity contribution in [1.82, 2.24) is 20.1 Å². The van der Waals surface area contributed by atoms with E-state index < -0.39 is 0 Å². The van der Waals surface area contributed by atoms with E-state index in [1.54, 1.807) is 0 Å². The summed E-state index contributed by atoms with van der Waals surface area (Å²) < 4.78 is 2.16. The second kappa shape index (κ2) is 13.6. The first-order valence-electron chi connectivity index (χ1n) is 9.68. The largest absolute Gasteiger partial charge is 0.357 e. The van der Waals surface area contributed by atoms with Crippen molar-refractivity contribution in [2.45, 2.75) is 40.4 Å². The van der Waals surface area contributed by atoms with Gasteiger partial charge in [0.25, 0.3) is 0 Å². The fraction of sp³-hybridized carbons (Fsp3) is 0.476. The van der Waals surface area contributed by atoms with Crippen molar-refractivity contribution < 1.29 is 0 Å². The molecule has 0 fully saturated rings. The van der Waals surface area contributed by atoms with E-state index in [9.17, 15) is 0 Å². The quantitative estimate of drug-likeness (QED) is 0.308. The Morgan fingerprint density at radius 2 is 1.63 bits per heavy atom. The first kappa shape index (κ1) is 23.5. The lowest BCUT2D eigenvalue weighted by Crippen LogP contribution is -2.38. The standard InChI is InChI=1S/C21H33N5.HI/c1-4-22-21(23-13-16-26-14-9-10-15-26)24-17-19-11-7-8-12-20(19)18-25(5-2)6-3;/h7-12,14-15H,4-6,13,16-18H2,1-3H3,(H2,22,23,24);1H. The molecule has 6 heteroatoms. The SMILES string of the molecule is CCNC(=NCc1ccccc1CN(CC)CC)NCCn1cccc1.I. The fourth-order valence-corrected chi connectivity index (χ4v) is 2.88. The van der Waals surface area contributed by atoms with Crippen LogP contribution in [0.3, 0.4) is 0 Å². The lowest BCUT2D eigenvalue weighted by molar-refractivity contribution is 0.295. The molecule has 0 saturated heterocycles. The van der Waals surface area contributed by atoms with Crippen LogP contribution in [0.1, 0.15) is 31.9 Å². The molecule has 2 aromatic rings. The van der Waals surface area contributed by atoms with Crippen LogP contribution in [0.25, 0.3) is 0 Å². The van der Waals surface area contributed by atoms with Crippen LogP contribution in [0, 0.1) is 0 Å². The number of hydrogen-bond acceptors (Lipinski definition) is 2. The molecule has 1 heterocycles. The number of nitrogens with zero attached hydrogens (tertiary/aromatic N) is 3. The molecule has 0 aliphatic rings. The average Bonchev–Trinajstić information content (AvgIpc) is 3.18. The average molecular weight is 483 g/mol. The second-order valence-electron chi connectivity index (χ2n) is 6.27. The summed E-state index contributed by atoms with van der Waals surface area (Å²) in [5.74, 6) is 0.872. The Kier molecular flexibility index (Phi) is 11.8. The molecular weight excluding hydrogens is 449 g/mol. The molecule has 150 valence electrons. The second-order valence-corrected chi connectivity index (χ2v) is 6.27. The number of hydrogen-bond donors (Lipinski definition) is 2. The summed E-state index contributed by atoms with van der Waals surface area (Å²) >= 11 is 0. The maximum Gasteiger partial charge on any atom is 0.191 e. The predicted octanol–water partition coefficient (Wildman–Crippen LogP) is 3.70. The number of aliphatic imine (C=N–C) groups is 1. The molecule has 1 aromatic heterocycles. The van der Waals surface area contributed by atoms with Crippen molar-refractivity contribution in [1.29, 1.82) is 0 Å². The van der Waals surface area contributed by atoms with Gasteiger partial charge in [-0.2, -0.15) is 0 Å². The van der Waals surface area contributed by atoms with E-state index in [0.29, 0.717) is 6.54 Å². The molecule has 0 bridgehead atoms. The Hall–Kier alpha value is -1.54. The normalized spacial score (nSPS) is 11.3. The first-order valence-corrected chi connectivity index (χ1v) is 9.68. The summed E-state index contributed by atoms with van der Waals surface area (Å²) in [5.41, 5.74) is 2.66. The molecule has 0 aliphatic heterocycles. The Balaban J connectivity index is 0.00000364. The van der Waals surface area contributed by atoms with Gasteiger partial charge in [0.05, 0.1) is 6.54 Å². The summed E-state index contributed by atoms with van der Waals surface area (Å²) in [5, 5.41) is 6.75. The van der Waals surface area contributed by atoms with Gasteiger partial charge in [-0.3, -0.25) is 4.90 Å². The highest BCUT2D eigenvalue weighted by Gasteiger charge is 2.06. The lowest BCUT2D eigenvalue weighted by Gasteiger charge is -2.20. The van der Waals surface area contributed by atoms with Crippen LogP contribution in [-0.2, 0) is 19.6 Å². The number of guanidine groups is 1. The van der Waals surface area contributed by atoms with Crippen LogP contribution < -0.4 is 10.6 Å². The number of benzene rings is 1. The monoisotopic (exact) mass is 483 g/mol. The molecule has 0 saturated carbocycles. The lowest BCUT2D eigenvalue weighted by atomic mass is 10.1. The summed E-state index contributed by atoms with van der Waals surface area (Å²) in [6.07, 6.45) is 4.16. The minimum atomic E-state index is 0. The molecule has 0 atom stereocenters. The van der Waals surface area contributed by atoms with Crippen LogP contribution in [0.4, 0.5) is 0 Å². The van der Waals surface area contributed by atoms with Crippen molar-refractivity contribution in [3.63, 3.8) is 0 Å². The number of nitrogens with one attached hydrogen (secondary N) is 2. The number of halogens is 1. The molecule has 0 radical (unpaired) electrons. The van der Waals surface area contributed by atoms with Crippen molar-refractivity contribution >= 4 is 29.9 Å². The van der Waals surface area contributed by atoms with E-state index in [1.165, 1.54) is 11.1 Å². The molecule has 2 rings (SSSR count). The van der Waals surface area contributed by atoms with Crippen molar-refractivity contribution in [3.8, 4) is 0 Å².